The van der Waals surface area contributed by atoms with Gasteiger partial charge in [-0.2, -0.15) is 13.2 Å². The number of nitrogens with one attached hydrogen (secondary N) is 2. The molecule has 0 fully saturated rings. The standard InChI is InChI=1S/C10H14F3N3O2/c1-2-7-3-16-9(18-7)5-15-8(17)4-14-6-10(11,12)13/h3,14H,2,4-6H2,1H3,(H,15,17). The van der Waals surface area contributed by atoms with Gasteiger partial charge in [0.2, 0.25) is 11.8 Å². The molecule has 1 aromatic rings. The van der Waals surface area contributed by atoms with Crippen LogP contribution in [-0.4, -0.2) is 30.2 Å². The van der Waals surface area contributed by atoms with Gasteiger partial charge in [-0.05, 0) is 0 Å². The largest absolute Gasteiger partial charge is 0.444 e. The molecule has 18 heavy (non-hydrogen) atoms. The average Bonchev–Trinajstić information content (AvgIpc) is 2.72. The van der Waals surface area contributed by atoms with E-state index in [-0.39, 0.29) is 6.54 Å². The summed E-state index contributed by atoms with van der Waals surface area (Å²) in [4.78, 5) is 15.1. The number of hydrogen-bond acceptors (Lipinski definition) is 4. The SMILES string of the molecule is CCc1cnc(CNC(=O)CNCC(F)(F)F)o1. The predicted octanol–water partition coefficient (Wildman–Crippen LogP) is 1.01. The molecule has 0 aliphatic heterocycles. The van der Waals surface area contributed by atoms with Gasteiger partial charge in [0, 0.05) is 6.42 Å². The van der Waals surface area contributed by atoms with E-state index in [2.05, 4.69) is 10.3 Å². The number of hydrogen-bond donors (Lipinski definition) is 2. The second-order valence-corrected chi connectivity index (χ2v) is 3.57. The molecule has 102 valence electrons. The van der Waals surface area contributed by atoms with Gasteiger partial charge in [-0.25, -0.2) is 4.98 Å². The number of halogens is 3. The summed E-state index contributed by atoms with van der Waals surface area (Å²) in [7, 11) is 0. The van der Waals surface area contributed by atoms with Gasteiger partial charge >= 0.3 is 6.18 Å². The van der Waals surface area contributed by atoms with Gasteiger partial charge in [0.1, 0.15) is 5.76 Å². The van der Waals surface area contributed by atoms with Gasteiger partial charge in [-0.15, -0.1) is 0 Å². The molecule has 0 saturated carbocycles. The monoisotopic (exact) mass is 265 g/mol. The van der Waals surface area contributed by atoms with Gasteiger partial charge in [0.25, 0.3) is 0 Å². The Balaban J connectivity index is 2.21. The molecule has 0 aliphatic carbocycles. The van der Waals surface area contributed by atoms with Gasteiger partial charge < -0.3 is 15.1 Å². The van der Waals surface area contributed by atoms with Crippen molar-refractivity contribution in [3.8, 4) is 0 Å². The third kappa shape index (κ3) is 5.67. The molecule has 1 amide bonds. The summed E-state index contributed by atoms with van der Waals surface area (Å²) >= 11 is 0. The number of aryl methyl sites for hydroxylation is 1. The molecular weight excluding hydrogens is 251 g/mol. The Labute approximate surface area is 102 Å². The number of alkyl halides is 3. The maximum Gasteiger partial charge on any atom is 0.401 e. The lowest BCUT2D eigenvalue weighted by Gasteiger charge is -2.07. The summed E-state index contributed by atoms with van der Waals surface area (Å²) in [6.07, 6.45) is -2.09. The van der Waals surface area contributed by atoms with E-state index in [1.54, 1.807) is 6.20 Å². The van der Waals surface area contributed by atoms with Crippen LogP contribution in [0.5, 0.6) is 0 Å². The number of amides is 1. The number of oxazole rings is 1. The van der Waals surface area contributed by atoms with Gasteiger partial charge in [0.15, 0.2) is 0 Å². The molecule has 2 N–H and O–H groups in total. The highest BCUT2D eigenvalue weighted by Crippen LogP contribution is 2.11. The molecule has 1 rings (SSSR count). The Morgan fingerprint density at radius 3 is 2.78 bits per heavy atom. The summed E-state index contributed by atoms with van der Waals surface area (Å²) in [5, 5.41) is 4.39. The van der Waals surface area contributed by atoms with Crippen LogP contribution in [0.15, 0.2) is 10.6 Å². The van der Waals surface area contributed by atoms with Crippen molar-refractivity contribution < 1.29 is 22.4 Å². The average molecular weight is 265 g/mol. The fraction of sp³-hybridized carbons (Fsp3) is 0.600. The molecule has 0 radical (unpaired) electrons. The van der Waals surface area contributed by atoms with Gasteiger partial charge in [-0.1, -0.05) is 6.92 Å². The van der Waals surface area contributed by atoms with Crippen LogP contribution in [0.4, 0.5) is 13.2 Å². The van der Waals surface area contributed by atoms with Crippen molar-refractivity contribution in [3.05, 3.63) is 17.8 Å². The van der Waals surface area contributed by atoms with Crippen LogP contribution in [0, 0.1) is 0 Å². The Bertz CT molecular complexity index is 390. The zero-order chi connectivity index (χ0) is 13.6. The molecule has 0 aromatic carbocycles. The molecule has 5 nitrogen and oxygen atoms in total. The zero-order valence-corrected chi connectivity index (χ0v) is 9.80. The first-order valence-corrected chi connectivity index (χ1v) is 5.38. The Morgan fingerprint density at radius 1 is 1.50 bits per heavy atom. The smallest absolute Gasteiger partial charge is 0.401 e. The molecule has 8 heteroatoms. The first kappa shape index (κ1) is 14.5. The normalized spacial score (nSPS) is 11.6. The van der Waals surface area contributed by atoms with Crippen LogP contribution in [0.2, 0.25) is 0 Å². The lowest BCUT2D eigenvalue weighted by atomic mass is 10.4. The van der Waals surface area contributed by atoms with Crippen molar-refractivity contribution in [2.45, 2.75) is 26.1 Å². The Kier molecular flexibility index (Phi) is 5.14. The van der Waals surface area contributed by atoms with Crippen molar-refractivity contribution in [3.63, 3.8) is 0 Å². The van der Waals surface area contributed by atoms with Crippen molar-refractivity contribution in [2.24, 2.45) is 0 Å². The second-order valence-electron chi connectivity index (χ2n) is 3.57. The van der Waals surface area contributed by atoms with E-state index in [9.17, 15) is 18.0 Å². The fourth-order valence-corrected chi connectivity index (χ4v) is 1.15. The Morgan fingerprint density at radius 2 is 2.22 bits per heavy atom. The van der Waals surface area contributed by atoms with Crippen LogP contribution >= 0.6 is 0 Å². The highest BCUT2D eigenvalue weighted by atomic mass is 19.4. The number of aromatic nitrogens is 1. The van der Waals surface area contributed by atoms with Gasteiger partial charge in [0.05, 0.1) is 25.8 Å². The summed E-state index contributed by atoms with van der Waals surface area (Å²) in [6.45, 7) is 0.358. The number of rotatable bonds is 6. The van der Waals surface area contributed by atoms with E-state index >= 15 is 0 Å². The van der Waals surface area contributed by atoms with E-state index in [0.29, 0.717) is 18.1 Å². The molecule has 1 aromatic heterocycles. The maximum atomic E-state index is 11.8. The third-order valence-electron chi connectivity index (χ3n) is 2.00. The van der Waals surface area contributed by atoms with E-state index in [0.717, 1.165) is 0 Å². The van der Waals surface area contributed by atoms with Crippen molar-refractivity contribution in [2.75, 3.05) is 13.1 Å². The van der Waals surface area contributed by atoms with Crippen LogP contribution < -0.4 is 10.6 Å². The van der Waals surface area contributed by atoms with E-state index in [4.69, 9.17) is 4.42 Å². The summed E-state index contributed by atoms with van der Waals surface area (Å²) in [6, 6.07) is 0. The van der Waals surface area contributed by atoms with Crippen LogP contribution in [0.3, 0.4) is 0 Å². The Hall–Kier alpha value is -1.57. The van der Waals surface area contributed by atoms with E-state index < -0.39 is 25.2 Å². The summed E-state index contributed by atoms with van der Waals surface area (Å²) in [5.74, 6) is 0.473. The molecule has 0 saturated heterocycles. The molecule has 0 atom stereocenters. The van der Waals surface area contributed by atoms with Crippen molar-refractivity contribution in [1.29, 1.82) is 0 Å². The summed E-state index contributed by atoms with van der Waals surface area (Å²) < 4.78 is 40.6. The van der Waals surface area contributed by atoms with Crippen molar-refractivity contribution in [1.82, 2.24) is 15.6 Å². The zero-order valence-electron chi connectivity index (χ0n) is 9.80. The minimum absolute atomic E-state index is 0.0620. The van der Waals surface area contributed by atoms with Crippen molar-refractivity contribution >= 4 is 5.91 Å². The molecule has 0 bridgehead atoms. The molecule has 1 heterocycles. The van der Waals surface area contributed by atoms with Crippen LogP contribution in [0.1, 0.15) is 18.6 Å². The molecule has 0 unspecified atom stereocenters. The molecule has 0 aliphatic rings. The lowest BCUT2D eigenvalue weighted by molar-refractivity contribution is -0.128. The summed E-state index contributed by atoms with van der Waals surface area (Å²) in [5.41, 5.74) is 0. The molecule has 0 spiro atoms. The fourth-order valence-electron chi connectivity index (χ4n) is 1.15. The topological polar surface area (TPSA) is 67.2 Å². The highest BCUT2D eigenvalue weighted by Gasteiger charge is 2.26. The minimum atomic E-state index is -4.32. The quantitative estimate of drug-likeness (QED) is 0.805. The van der Waals surface area contributed by atoms with Crippen LogP contribution in [0.25, 0.3) is 0 Å². The predicted molar refractivity (Wildman–Crippen MR) is 56.7 cm³/mol. The number of nitrogens with zero attached hydrogens (tertiary/aromatic N) is 1. The first-order chi connectivity index (χ1) is 8.40. The first-order valence-electron chi connectivity index (χ1n) is 5.38. The number of carbonyl (C=O) groups is 1. The lowest BCUT2D eigenvalue weighted by Crippen LogP contribution is -2.38. The maximum absolute atomic E-state index is 11.8. The van der Waals surface area contributed by atoms with E-state index in [1.165, 1.54) is 0 Å². The van der Waals surface area contributed by atoms with E-state index in [1.807, 2.05) is 12.2 Å². The third-order valence-corrected chi connectivity index (χ3v) is 2.00. The van der Waals surface area contributed by atoms with Crippen LogP contribution in [-0.2, 0) is 17.8 Å². The highest BCUT2D eigenvalue weighted by molar-refractivity contribution is 5.77. The second kappa shape index (κ2) is 6.39. The van der Waals surface area contributed by atoms with Gasteiger partial charge in [-0.3, -0.25) is 4.79 Å². The molecular formula is C10H14F3N3O2. The number of carbonyl (C=O) groups excluding carboxylic acids is 1. The minimum Gasteiger partial charge on any atom is -0.444 e.